The molecule has 0 spiro atoms. The van der Waals surface area contributed by atoms with E-state index in [9.17, 15) is 14.4 Å². The minimum atomic E-state index is -1.53. The van der Waals surface area contributed by atoms with Crippen LogP contribution in [0.4, 0.5) is 0 Å². The first-order valence-electron chi connectivity index (χ1n) is 9.43. The minimum absolute atomic E-state index is 0.396. The van der Waals surface area contributed by atoms with Gasteiger partial charge >= 0.3 is 11.9 Å². The molecule has 6 nitrogen and oxygen atoms in total. The fourth-order valence-corrected chi connectivity index (χ4v) is 4.38. The van der Waals surface area contributed by atoms with Crippen LogP contribution in [0.5, 0.6) is 0 Å². The number of ether oxygens (including phenoxy) is 2. The zero-order valence-corrected chi connectivity index (χ0v) is 15.5. The number of aromatic nitrogens is 1. The Morgan fingerprint density at radius 3 is 2.15 bits per heavy atom. The molecular formula is C20H27NO5. The van der Waals surface area contributed by atoms with Crippen LogP contribution in [0.2, 0.25) is 0 Å². The van der Waals surface area contributed by atoms with Gasteiger partial charge in [0, 0.05) is 11.9 Å². The zero-order chi connectivity index (χ0) is 18.7. The molecule has 3 rings (SSSR count). The van der Waals surface area contributed by atoms with Crippen LogP contribution in [-0.4, -0.2) is 36.5 Å². The van der Waals surface area contributed by atoms with Crippen LogP contribution in [0.3, 0.4) is 0 Å². The van der Waals surface area contributed by atoms with Crippen molar-refractivity contribution < 1.29 is 23.9 Å². The Labute approximate surface area is 153 Å². The van der Waals surface area contributed by atoms with Gasteiger partial charge in [-0.3, -0.25) is 14.4 Å². The fraction of sp³-hybridized carbons (Fsp3) is 0.650. The average molecular weight is 361 g/mol. The van der Waals surface area contributed by atoms with E-state index in [-0.39, 0.29) is 0 Å². The van der Waals surface area contributed by atoms with Crippen LogP contribution in [0.15, 0.2) is 18.3 Å². The number of hydrogen-bond acceptors (Lipinski definition) is 5. The maximum Gasteiger partial charge on any atom is 0.327 e. The second-order valence-corrected chi connectivity index (χ2v) is 7.37. The van der Waals surface area contributed by atoms with Gasteiger partial charge in [0.2, 0.25) is 5.92 Å². The van der Waals surface area contributed by atoms with E-state index in [0.717, 1.165) is 37.8 Å². The van der Waals surface area contributed by atoms with E-state index in [4.69, 9.17) is 9.47 Å². The molecule has 0 atom stereocenters. The van der Waals surface area contributed by atoms with Gasteiger partial charge in [-0.15, -0.1) is 0 Å². The molecule has 0 amide bonds. The lowest BCUT2D eigenvalue weighted by Gasteiger charge is -2.42. The van der Waals surface area contributed by atoms with Crippen molar-refractivity contribution in [2.45, 2.75) is 62.8 Å². The topological polar surface area (TPSA) is 74.6 Å². The summed E-state index contributed by atoms with van der Waals surface area (Å²) >= 11 is 0. The molecule has 0 N–H and O–H groups in total. The van der Waals surface area contributed by atoms with Gasteiger partial charge in [-0.1, -0.05) is 25.7 Å². The van der Waals surface area contributed by atoms with Crippen molar-refractivity contribution in [3.05, 3.63) is 24.0 Å². The van der Waals surface area contributed by atoms with Crippen molar-refractivity contribution in [1.82, 2.24) is 4.57 Å². The van der Waals surface area contributed by atoms with Crippen LogP contribution in [0.1, 0.15) is 63.0 Å². The predicted octanol–water partition coefficient (Wildman–Crippen LogP) is 2.95. The average Bonchev–Trinajstić information content (AvgIpc) is 3.10. The summed E-state index contributed by atoms with van der Waals surface area (Å²) in [4.78, 5) is 38.1. The molecule has 1 aromatic heterocycles. The summed E-state index contributed by atoms with van der Waals surface area (Å²) < 4.78 is 11.6. The molecule has 2 aliphatic carbocycles. The van der Waals surface area contributed by atoms with E-state index in [1.165, 1.54) is 20.6 Å². The van der Waals surface area contributed by atoms with E-state index < -0.39 is 29.2 Å². The Balaban J connectivity index is 2.04. The molecule has 2 saturated carbocycles. The summed E-state index contributed by atoms with van der Waals surface area (Å²) in [6.45, 7) is 0. The Hall–Kier alpha value is -2.11. The van der Waals surface area contributed by atoms with E-state index >= 15 is 0 Å². The lowest BCUT2D eigenvalue weighted by molar-refractivity contribution is -0.164. The number of methoxy groups -OCH3 is 2. The molecule has 142 valence electrons. The van der Waals surface area contributed by atoms with Gasteiger partial charge in [0.15, 0.2) is 5.78 Å². The SMILES string of the molecule is COC(=O)C(C(=O)OC)C(=O)C1(n2cccc2C2CCC2)CCCCC1. The highest BCUT2D eigenvalue weighted by Crippen LogP contribution is 2.44. The third kappa shape index (κ3) is 3.06. The maximum atomic E-state index is 13.6. The van der Waals surface area contributed by atoms with Gasteiger partial charge in [0.25, 0.3) is 0 Å². The first kappa shape index (κ1) is 18.7. The number of esters is 2. The highest BCUT2D eigenvalue weighted by molar-refractivity contribution is 6.17. The van der Waals surface area contributed by atoms with Crippen molar-refractivity contribution in [2.24, 2.45) is 5.92 Å². The molecular weight excluding hydrogens is 334 g/mol. The molecule has 26 heavy (non-hydrogen) atoms. The molecule has 0 unspecified atom stereocenters. The van der Waals surface area contributed by atoms with Crippen LogP contribution in [0, 0.1) is 5.92 Å². The normalized spacial score (nSPS) is 19.7. The Bertz CT molecular complexity index is 666. The van der Waals surface area contributed by atoms with E-state index in [0.29, 0.717) is 18.8 Å². The molecule has 0 bridgehead atoms. The van der Waals surface area contributed by atoms with Gasteiger partial charge < -0.3 is 14.0 Å². The number of hydrogen-bond donors (Lipinski definition) is 0. The van der Waals surface area contributed by atoms with Crippen LogP contribution >= 0.6 is 0 Å². The molecule has 1 heterocycles. The largest absolute Gasteiger partial charge is 0.468 e. The quantitative estimate of drug-likeness (QED) is 0.575. The Morgan fingerprint density at radius 2 is 1.65 bits per heavy atom. The van der Waals surface area contributed by atoms with Crippen molar-refractivity contribution in [2.75, 3.05) is 14.2 Å². The molecule has 0 aromatic carbocycles. The summed E-state index contributed by atoms with van der Waals surface area (Å²) in [5, 5.41) is 0. The van der Waals surface area contributed by atoms with Crippen molar-refractivity contribution in [1.29, 1.82) is 0 Å². The highest BCUT2D eigenvalue weighted by Gasteiger charge is 2.51. The molecule has 6 heteroatoms. The van der Waals surface area contributed by atoms with Crippen LogP contribution in [0.25, 0.3) is 0 Å². The summed E-state index contributed by atoms with van der Waals surface area (Å²) in [7, 11) is 2.38. The molecule has 0 radical (unpaired) electrons. The standard InChI is InChI=1S/C20H27NO5/c1-25-18(23)16(19(24)26-2)17(22)20(11-4-3-5-12-20)21-13-7-10-15(21)14-8-6-9-14/h7,10,13-14,16H,3-6,8-9,11-12H2,1-2H3. The summed E-state index contributed by atoms with van der Waals surface area (Å²) in [5.74, 6) is -3.16. The fourth-order valence-electron chi connectivity index (χ4n) is 4.38. The lowest BCUT2D eigenvalue weighted by atomic mass is 9.73. The van der Waals surface area contributed by atoms with E-state index in [1.54, 1.807) is 0 Å². The summed E-state index contributed by atoms with van der Waals surface area (Å²) in [5.41, 5.74) is 0.264. The Kier molecular flexibility index (Phi) is 5.49. The third-order valence-electron chi connectivity index (χ3n) is 6.04. The predicted molar refractivity (Wildman–Crippen MR) is 94.6 cm³/mol. The number of nitrogens with zero attached hydrogens (tertiary/aromatic N) is 1. The van der Waals surface area contributed by atoms with E-state index in [2.05, 4.69) is 10.6 Å². The van der Waals surface area contributed by atoms with Gasteiger partial charge in [-0.05, 0) is 43.7 Å². The minimum Gasteiger partial charge on any atom is -0.468 e. The zero-order valence-electron chi connectivity index (χ0n) is 15.5. The van der Waals surface area contributed by atoms with Crippen LogP contribution in [-0.2, 0) is 29.4 Å². The smallest absolute Gasteiger partial charge is 0.327 e. The second-order valence-electron chi connectivity index (χ2n) is 7.37. The van der Waals surface area contributed by atoms with Crippen molar-refractivity contribution in [3.63, 3.8) is 0 Å². The van der Waals surface area contributed by atoms with Gasteiger partial charge in [0.1, 0.15) is 5.54 Å². The number of rotatable bonds is 6. The number of Topliss-reactive ketones (excluding diaryl/α,β-unsaturated/α-hetero) is 1. The molecule has 2 fully saturated rings. The number of carbonyl (C=O) groups excluding carboxylic acids is 3. The molecule has 0 aliphatic heterocycles. The van der Waals surface area contributed by atoms with Crippen molar-refractivity contribution in [3.8, 4) is 0 Å². The molecule has 1 aromatic rings. The second kappa shape index (κ2) is 7.64. The number of carbonyl (C=O) groups is 3. The third-order valence-corrected chi connectivity index (χ3v) is 6.04. The van der Waals surface area contributed by atoms with E-state index in [1.807, 2.05) is 12.3 Å². The summed E-state index contributed by atoms with van der Waals surface area (Å²) in [6, 6.07) is 4.03. The lowest BCUT2D eigenvalue weighted by Crippen LogP contribution is -2.51. The summed E-state index contributed by atoms with van der Waals surface area (Å²) in [6.07, 6.45) is 9.46. The van der Waals surface area contributed by atoms with Crippen LogP contribution < -0.4 is 0 Å². The van der Waals surface area contributed by atoms with Gasteiger partial charge in [-0.25, -0.2) is 0 Å². The monoisotopic (exact) mass is 361 g/mol. The maximum absolute atomic E-state index is 13.6. The Morgan fingerprint density at radius 1 is 1.04 bits per heavy atom. The first-order valence-corrected chi connectivity index (χ1v) is 9.43. The first-order chi connectivity index (χ1) is 12.5. The molecule has 0 saturated heterocycles. The highest BCUT2D eigenvalue weighted by atomic mass is 16.5. The number of ketones is 1. The molecule has 2 aliphatic rings. The van der Waals surface area contributed by atoms with Crippen molar-refractivity contribution >= 4 is 17.7 Å². The van der Waals surface area contributed by atoms with Gasteiger partial charge in [0.05, 0.1) is 14.2 Å². The van der Waals surface area contributed by atoms with Gasteiger partial charge in [-0.2, -0.15) is 0 Å².